The molecular formula is C24H34O5S. The van der Waals surface area contributed by atoms with Crippen LogP contribution in [0.1, 0.15) is 43.7 Å². The highest BCUT2D eigenvalue weighted by Crippen LogP contribution is 2.38. The topological polar surface area (TPSA) is 83.8 Å². The number of Topliss-reactive ketones (excluding diaryl/α,β-unsaturated/α-hetero) is 1. The zero-order chi connectivity index (χ0) is 21.9. The van der Waals surface area contributed by atoms with E-state index in [0.29, 0.717) is 31.7 Å². The van der Waals surface area contributed by atoms with Gasteiger partial charge < -0.3 is 14.9 Å². The van der Waals surface area contributed by atoms with Gasteiger partial charge in [0.15, 0.2) is 0 Å². The van der Waals surface area contributed by atoms with Crippen LogP contribution >= 0.6 is 11.8 Å². The maximum Gasteiger partial charge on any atom is 0.303 e. The number of carbonyl (C=O) groups excluding carboxylic acids is 1. The Labute approximate surface area is 183 Å². The molecule has 6 heteroatoms. The Morgan fingerprint density at radius 2 is 2.10 bits per heavy atom. The molecule has 1 fully saturated rings. The third-order valence-corrected chi connectivity index (χ3v) is 6.72. The van der Waals surface area contributed by atoms with Crippen LogP contribution < -0.4 is 0 Å². The average Bonchev–Trinajstić information content (AvgIpc) is 2.95. The predicted molar refractivity (Wildman–Crippen MR) is 121 cm³/mol. The fraction of sp³-hybridized carbons (Fsp3) is 0.583. The molecule has 4 atom stereocenters. The number of carboxylic acid groups (broad SMARTS) is 1. The van der Waals surface area contributed by atoms with Gasteiger partial charge in [0.05, 0.1) is 12.7 Å². The standard InChI is InChI=1S/C24H34O5S/c1-17-13-23(26)22(10-12-30-11-4-7-24(27)28)21(17)9-8-20(25)15-18-5-3-6-19(14-18)16-29-2/h3,5-6,8-9,14,17,20-22,25H,4,7,10-13,15-16H2,1-2H3,(H,27,28)/b9-8+/t17-,20-,21?,22-/m1/s1. The molecule has 2 N–H and O–H groups in total. The lowest BCUT2D eigenvalue weighted by molar-refractivity contribution is -0.137. The van der Waals surface area contributed by atoms with Crippen LogP contribution in [0.25, 0.3) is 0 Å². The minimum atomic E-state index is -0.760. The first-order chi connectivity index (χ1) is 14.4. The summed E-state index contributed by atoms with van der Waals surface area (Å²) in [6, 6.07) is 8.03. The molecule has 1 aromatic carbocycles. The van der Waals surface area contributed by atoms with Crippen molar-refractivity contribution in [2.24, 2.45) is 17.8 Å². The predicted octanol–water partition coefficient (Wildman–Crippen LogP) is 4.12. The lowest BCUT2D eigenvalue weighted by Gasteiger charge is -2.18. The minimum Gasteiger partial charge on any atom is -0.481 e. The van der Waals surface area contributed by atoms with Gasteiger partial charge in [-0.25, -0.2) is 0 Å². The van der Waals surface area contributed by atoms with E-state index in [2.05, 4.69) is 6.92 Å². The first-order valence-corrected chi connectivity index (χ1v) is 11.8. The number of benzene rings is 1. The number of ketones is 1. The molecule has 0 bridgehead atoms. The van der Waals surface area contributed by atoms with Crippen molar-refractivity contribution < 1.29 is 24.5 Å². The Bertz CT molecular complexity index is 717. The number of rotatable bonds is 13. The lowest BCUT2D eigenvalue weighted by atomic mass is 9.87. The van der Waals surface area contributed by atoms with E-state index in [4.69, 9.17) is 9.84 Å². The van der Waals surface area contributed by atoms with Gasteiger partial charge >= 0.3 is 5.97 Å². The molecule has 0 saturated heterocycles. The Morgan fingerprint density at radius 3 is 2.83 bits per heavy atom. The van der Waals surface area contributed by atoms with E-state index in [-0.39, 0.29) is 24.2 Å². The fourth-order valence-electron chi connectivity index (χ4n) is 4.11. The fourth-order valence-corrected chi connectivity index (χ4v) is 5.08. The van der Waals surface area contributed by atoms with Crippen molar-refractivity contribution in [2.45, 2.75) is 51.7 Å². The third-order valence-electron chi connectivity index (χ3n) is 5.61. The number of carbonyl (C=O) groups is 2. The molecule has 1 saturated carbocycles. The van der Waals surface area contributed by atoms with Gasteiger partial charge in [-0.15, -0.1) is 0 Å². The summed E-state index contributed by atoms with van der Waals surface area (Å²) in [6.07, 6.45) is 6.10. The highest BCUT2D eigenvalue weighted by Gasteiger charge is 2.37. The molecule has 1 aromatic rings. The average molecular weight is 435 g/mol. The maximum absolute atomic E-state index is 12.4. The van der Waals surface area contributed by atoms with Crippen molar-refractivity contribution >= 4 is 23.5 Å². The first-order valence-electron chi connectivity index (χ1n) is 10.7. The molecule has 0 aliphatic heterocycles. The van der Waals surface area contributed by atoms with Crippen LogP contribution in [0.15, 0.2) is 36.4 Å². The smallest absolute Gasteiger partial charge is 0.303 e. The number of ether oxygens (including phenoxy) is 1. The van der Waals surface area contributed by atoms with E-state index in [1.54, 1.807) is 18.9 Å². The van der Waals surface area contributed by atoms with Crippen LogP contribution in [0.4, 0.5) is 0 Å². The molecule has 2 rings (SSSR count). The van der Waals surface area contributed by atoms with Crippen molar-refractivity contribution in [1.29, 1.82) is 0 Å². The van der Waals surface area contributed by atoms with Crippen molar-refractivity contribution in [3.05, 3.63) is 47.5 Å². The van der Waals surface area contributed by atoms with Crippen LogP contribution in [0.5, 0.6) is 0 Å². The SMILES string of the molecule is COCc1cccc(C[C@H](O)/C=C/C2[C@H](C)CC(=O)[C@@H]2CCSCCCC(=O)O)c1. The van der Waals surface area contributed by atoms with Gasteiger partial charge in [-0.1, -0.05) is 43.3 Å². The number of thioether (sulfide) groups is 1. The molecule has 5 nitrogen and oxygen atoms in total. The molecule has 1 aliphatic carbocycles. The van der Waals surface area contributed by atoms with E-state index in [1.165, 1.54) is 0 Å². The Hall–Kier alpha value is -1.63. The zero-order valence-corrected chi connectivity index (χ0v) is 18.8. The van der Waals surface area contributed by atoms with Gasteiger partial charge in [0, 0.05) is 32.3 Å². The summed E-state index contributed by atoms with van der Waals surface area (Å²) in [4.78, 5) is 23.0. The molecule has 0 heterocycles. The van der Waals surface area contributed by atoms with Crippen molar-refractivity contribution in [1.82, 2.24) is 0 Å². The van der Waals surface area contributed by atoms with Crippen LogP contribution in [0.2, 0.25) is 0 Å². The normalized spacial score (nSPS) is 22.6. The van der Waals surface area contributed by atoms with Crippen molar-refractivity contribution in [3.8, 4) is 0 Å². The summed E-state index contributed by atoms with van der Waals surface area (Å²) >= 11 is 1.72. The second-order valence-corrected chi connectivity index (χ2v) is 9.36. The lowest BCUT2D eigenvalue weighted by Crippen LogP contribution is -2.17. The largest absolute Gasteiger partial charge is 0.481 e. The van der Waals surface area contributed by atoms with E-state index in [1.807, 2.05) is 36.4 Å². The van der Waals surface area contributed by atoms with Gasteiger partial charge in [-0.3, -0.25) is 9.59 Å². The molecule has 1 aliphatic rings. The Balaban J connectivity index is 1.85. The monoisotopic (exact) mass is 434 g/mol. The quantitative estimate of drug-likeness (QED) is 0.359. The molecule has 0 radical (unpaired) electrons. The molecule has 0 aromatic heterocycles. The van der Waals surface area contributed by atoms with Gasteiger partial charge in [0.25, 0.3) is 0 Å². The van der Waals surface area contributed by atoms with Gasteiger partial charge in [0.2, 0.25) is 0 Å². The van der Waals surface area contributed by atoms with Crippen molar-refractivity contribution in [3.63, 3.8) is 0 Å². The number of aliphatic hydroxyl groups is 1. The number of hydrogen-bond acceptors (Lipinski definition) is 5. The summed E-state index contributed by atoms with van der Waals surface area (Å²) in [5, 5.41) is 19.2. The number of aliphatic carboxylic acids is 1. The number of allylic oxidation sites excluding steroid dienone is 1. The van der Waals surface area contributed by atoms with E-state index in [0.717, 1.165) is 29.1 Å². The third kappa shape index (κ3) is 8.25. The second-order valence-electron chi connectivity index (χ2n) is 8.14. The second kappa shape index (κ2) is 12.9. The van der Waals surface area contributed by atoms with Gasteiger partial charge in [0.1, 0.15) is 5.78 Å². The summed E-state index contributed by atoms with van der Waals surface area (Å²) in [6.45, 7) is 2.66. The van der Waals surface area contributed by atoms with Crippen LogP contribution in [-0.4, -0.2) is 46.7 Å². The van der Waals surface area contributed by atoms with Gasteiger partial charge in [-0.2, -0.15) is 11.8 Å². The highest BCUT2D eigenvalue weighted by atomic mass is 32.2. The first kappa shape index (κ1) is 24.6. The molecule has 0 spiro atoms. The van der Waals surface area contributed by atoms with E-state index < -0.39 is 12.1 Å². The van der Waals surface area contributed by atoms with Gasteiger partial charge in [-0.05, 0) is 47.3 Å². The number of hydrogen-bond donors (Lipinski definition) is 2. The molecule has 30 heavy (non-hydrogen) atoms. The minimum absolute atomic E-state index is 0.000421. The van der Waals surface area contributed by atoms with Crippen LogP contribution in [-0.2, 0) is 27.4 Å². The molecule has 1 unspecified atom stereocenters. The Morgan fingerprint density at radius 1 is 1.33 bits per heavy atom. The number of methoxy groups -OCH3 is 1. The molecule has 0 amide bonds. The maximum atomic E-state index is 12.4. The molecule has 166 valence electrons. The molecular weight excluding hydrogens is 400 g/mol. The number of carboxylic acids is 1. The van der Waals surface area contributed by atoms with E-state index >= 15 is 0 Å². The summed E-state index contributed by atoms with van der Waals surface area (Å²) in [5.41, 5.74) is 2.15. The summed E-state index contributed by atoms with van der Waals surface area (Å²) < 4.78 is 5.16. The number of aliphatic hydroxyl groups excluding tert-OH is 1. The highest BCUT2D eigenvalue weighted by molar-refractivity contribution is 7.99. The van der Waals surface area contributed by atoms with Crippen LogP contribution in [0, 0.1) is 17.8 Å². The van der Waals surface area contributed by atoms with Crippen molar-refractivity contribution in [2.75, 3.05) is 18.6 Å². The van der Waals surface area contributed by atoms with E-state index in [9.17, 15) is 14.7 Å². The summed E-state index contributed by atoms with van der Waals surface area (Å²) in [7, 11) is 1.67. The Kier molecular flexibility index (Phi) is 10.6. The summed E-state index contributed by atoms with van der Waals surface area (Å²) in [5.74, 6) is 1.67. The zero-order valence-electron chi connectivity index (χ0n) is 18.0. The van der Waals surface area contributed by atoms with Crippen LogP contribution in [0.3, 0.4) is 0 Å².